The number of carboxylic acids is 2. The second kappa shape index (κ2) is 4.30. The van der Waals surface area contributed by atoms with Crippen LogP contribution in [0.25, 0.3) is 0 Å². The van der Waals surface area contributed by atoms with Gasteiger partial charge >= 0.3 is 11.9 Å². The van der Waals surface area contributed by atoms with Crippen LogP contribution in [0.4, 0.5) is 0 Å². The average Bonchev–Trinajstić information content (AvgIpc) is 2.68. The molecule has 1 aliphatic rings. The Morgan fingerprint density at radius 3 is 2.61 bits per heavy atom. The maximum atomic E-state index is 11.4. The Hall–Kier alpha value is -2.08. The average molecular weight is 251 g/mol. The molecule has 0 saturated carbocycles. The highest BCUT2D eigenvalue weighted by molar-refractivity contribution is 5.82. The van der Waals surface area contributed by atoms with Crippen molar-refractivity contribution in [3.8, 4) is 5.75 Å². The van der Waals surface area contributed by atoms with Crippen molar-refractivity contribution in [1.29, 1.82) is 0 Å². The molecule has 0 spiro atoms. The van der Waals surface area contributed by atoms with Crippen molar-refractivity contribution in [2.24, 2.45) is 5.73 Å². The third-order valence-corrected chi connectivity index (χ3v) is 3.01. The van der Waals surface area contributed by atoms with Crippen LogP contribution in [0.2, 0.25) is 0 Å². The molecule has 1 aromatic rings. The number of fused-ring (bicyclic) bond motifs is 1. The van der Waals surface area contributed by atoms with Gasteiger partial charge < -0.3 is 20.7 Å². The molecule has 1 unspecified atom stereocenters. The molecule has 0 saturated heterocycles. The third-order valence-electron chi connectivity index (χ3n) is 3.01. The van der Waals surface area contributed by atoms with Crippen LogP contribution < -0.4 is 10.5 Å². The predicted octanol–water partition coefficient (Wildman–Crippen LogP) is 0.247. The maximum Gasteiger partial charge on any atom is 0.348 e. The van der Waals surface area contributed by atoms with E-state index in [1.807, 2.05) is 0 Å². The minimum atomic E-state index is -1.58. The molecule has 0 aliphatic carbocycles. The summed E-state index contributed by atoms with van der Waals surface area (Å²) >= 11 is 0. The smallest absolute Gasteiger partial charge is 0.348 e. The minimum Gasteiger partial charge on any atom is -0.480 e. The van der Waals surface area contributed by atoms with E-state index in [1.54, 1.807) is 24.3 Å². The summed E-state index contributed by atoms with van der Waals surface area (Å²) in [6.07, 6.45) is -0.147. The molecular weight excluding hydrogens is 238 g/mol. The number of ether oxygens (including phenoxy) is 1. The zero-order valence-electron chi connectivity index (χ0n) is 9.50. The van der Waals surface area contributed by atoms with E-state index in [9.17, 15) is 14.7 Å². The first-order valence-corrected chi connectivity index (χ1v) is 5.43. The Morgan fingerprint density at radius 2 is 2.06 bits per heavy atom. The van der Waals surface area contributed by atoms with E-state index >= 15 is 0 Å². The molecule has 96 valence electrons. The molecule has 1 aromatic carbocycles. The number of carbonyl (C=O) groups is 2. The fraction of sp³-hybridized carbons (Fsp3) is 0.333. The molecule has 0 aromatic heterocycles. The molecule has 6 nitrogen and oxygen atoms in total. The molecule has 2 rings (SSSR count). The summed E-state index contributed by atoms with van der Waals surface area (Å²) < 4.78 is 5.43. The number of para-hydroxylation sites is 1. The zero-order valence-corrected chi connectivity index (χ0v) is 9.50. The van der Waals surface area contributed by atoms with E-state index in [1.165, 1.54) is 0 Å². The van der Waals surface area contributed by atoms with Crippen LogP contribution in [0.3, 0.4) is 0 Å². The third kappa shape index (κ3) is 2.02. The van der Waals surface area contributed by atoms with Crippen molar-refractivity contribution in [3.05, 3.63) is 29.8 Å². The van der Waals surface area contributed by atoms with Gasteiger partial charge in [0.25, 0.3) is 0 Å². The van der Waals surface area contributed by atoms with Crippen LogP contribution in [0.5, 0.6) is 5.75 Å². The second-order valence-electron chi connectivity index (χ2n) is 4.33. The van der Waals surface area contributed by atoms with Gasteiger partial charge in [0.15, 0.2) is 0 Å². The number of hydrogen-bond donors (Lipinski definition) is 3. The first-order valence-electron chi connectivity index (χ1n) is 5.43. The molecule has 4 N–H and O–H groups in total. The van der Waals surface area contributed by atoms with E-state index in [2.05, 4.69) is 0 Å². The van der Waals surface area contributed by atoms with Crippen molar-refractivity contribution in [3.63, 3.8) is 0 Å². The molecule has 0 bridgehead atoms. The van der Waals surface area contributed by atoms with E-state index in [0.29, 0.717) is 5.75 Å². The number of carboxylic acid groups (broad SMARTS) is 2. The van der Waals surface area contributed by atoms with Crippen LogP contribution in [0, 0.1) is 0 Å². The molecule has 6 heteroatoms. The van der Waals surface area contributed by atoms with Crippen molar-refractivity contribution < 1.29 is 24.5 Å². The van der Waals surface area contributed by atoms with Crippen LogP contribution in [-0.4, -0.2) is 33.8 Å². The van der Waals surface area contributed by atoms with Gasteiger partial charge in [-0.1, -0.05) is 18.2 Å². The van der Waals surface area contributed by atoms with E-state index < -0.39 is 23.6 Å². The lowest BCUT2D eigenvalue weighted by Gasteiger charge is -2.25. The van der Waals surface area contributed by atoms with Gasteiger partial charge in [-0.05, 0) is 11.6 Å². The van der Waals surface area contributed by atoms with Crippen molar-refractivity contribution in [2.75, 3.05) is 0 Å². The quantitative estimate of drug-likeness (QED) is 0.707. The highest BCUT2D eigenvalue weighted by atomic mass is 16.5. The molecule has 0 fully saturated rings. The second-order valence-corrected chi connectivity index (χ2v) is 4.33. The van der Waals surface area contributed by atoms with Gasteiger partial charge in [0.1, 0.15) is 11.8 Å². The first kappa shape index (κ1) is 12.4. The minimum absolute atomic E-state index is 0.124. The number of benzene rings is 1. The molecule has 2 atom stereocenters. The van der Waals surface area contributed by atoms with Crippen LogP contribution in [0.1, 0.15) is 12.0 Å². The van der Waals surface area contributed by atoms with Gasteiger partial charge in [0, 0.05) is 12.8 Å². The lowest BCUT2D eigenvalue weighted by atomic mass is 9.90. The Morgan fingerprint density at radius 1 is 1.39 bits per heavy atom. The summed E-state index contributed by atoms with van der Waals surface area (Å²) in [5, 5.41) is 18.1. The van der Waals surface area contributed by atoms with Crippen LogP contribution in [0.15, 0.2) is 24.3 Å². The molecular formula is C12H13NO5. The van der Waals surface area contributed by atoms with Gasteiger partial charge in [-0.15, -0.1) is 0 Å². The van der Waals surface area contributed by atoms with Gasteiger partial charge in [0.05, 0.1) is 0 Å². The molecule has 0 radical (unpaired) electrons. The van der Waals surface area contributed by atoms with Crippen molar-refractivity contribution >= 4 is 11.9 Å². The van der Waals surface area contributed by atoms with E-state index in [-0.39, 0.29) is 12.8 Å². The van der Waals surface area contributed by atoms with Crippen molar-refractivity contribution in [1.82, 2.24) is 0 Å². The van der Waals surface area contributed by atoms with Gasteiger partial charge in [0.2, 0.25) is 5.60 Å². The largest absolute Gasteiger partial charge is 0.480 e. The number of hydrogen-bond acceptors (Lipinski definition) is 4. The standard InChI is InChI=1S/C12H13NO5/c13-8(10(14)15)6-12(11(16)17)5-7-3-1-2-4-9(7)18-12/h1-4,8H,5-6,13H2,(H,14,15)(H,16,17)/t8-,12?/m0/s1. The predicted molar refractivity (Wildman–Crippen MR) is 61.4 cm³/mol. The molecule has 1 heterocycles. The lowest BCUT2D eigenvalue weighted by Crippen LogP contribution is -2.50. The number of nitrogens with two attached hydrogens (primary N) is 1. The van der Waals surface area contributed by atoms with E-state index in [0.717, 1.165) is 5.56 Å². The molecule has 0 amide bonds. The summed E-state index contributed by atoms with van der Waals surface area (Å²) in [5.74, 6) is -1.97. The summed E-state index contributed by atoms with van der Waals surface area (Å²) in [4.78, 5) is 22.1. The normalized spacial score (nSPS) is 22.9. The highest BCUT2D eigenvalue weighted by Gasteiger charge is 2.48. The molecule has 1 aliphatic heterocycles. The van der Waals surface area contributed by atoms with Gasteiger partial charge in [-0.3, -0.25) is 4.79 Å². The monoisotopic (exact) mass is 251 g/mol. The Kier molecular flexibility index (Phi) is 2.96. The Labute approximate surface area is 103 Å². The first-order chi connectivity index (χ1) is 8.44. The van der Waals surface area contributed by atoms with Crippen LogP contribution >= 0.6 is 0 Å². The highest BCUT2D eigenvalue weighted by Crippen LogP contribution is 2.37. The molecule has 18 heavy (non-hydrogen) atoms. The topological polar surface area (TPSA) is 110 Å². The van der Waals surface area contributed by atoms with Gasteiger partial charge in [-0.2, -0.15) is 0 Å². The van der Waals surface area contributed by atoms with E-state index in [4.69, 9.17) is 15.6 Å². The van der Waals surface area contributed by atoms with Crippen LogP contribution in [-0.2, 0) is 16.0 Å². The zero-order chi connectivity index (χ0) is 13.3. The fourth-order valence-corrected chi connectivity index (χ4v) is 2.07. The summed E-state index contributed by atoms with van der Waals surface area (Å²) in [7, 11) is 0. The van der Waals surface area contributed by atoms with Crippen molar-refractivity contribution in [2.45, 2.75) is 24.5 Å². The SMILES string of the molecule is N[C@@H](CC1(C(=O)O)Cc2ccccc2O1)C(=O)O. The summed E-state index contributed by atoms with van der Waals surface area (Å²) in [5.41, 5.74) is 4.58. The maximum absolute atomic E-state index is 11.4. The number of aliphatic carboxylic acids is 2. The Bertz CT molecular complexity index is 474. The summed E-state index contributed by atoms with van der Waals surface area (Å²) in [6, 6.07) is 5.65. The lowest BCUT2D eigenvalue weighted by molar-refractivity contribution is -0.156. The number of rotatable bonds is 4. The fourth-order valence-electron chi connectivity index (χ4n) is 2.07. The Balaban J connectivity index is 2.28. The summed E-state index contributed by atoms with van der Waals surface area (Å²) in [6.45, 7) is 0. The van der Waals surface area contributed by atoms with Gasteiger partial charge in [-0.25, -0.2) is 4.79 Å².